The topological polar surface area (TPSA) is 105 Å². The van der Waals surface area contributed by atoms with Crippen molar-refractivity contribution in [2.75, 3.05) is 31.4 Å². The van der Waals surface area contributed by atoms with Crippen molar-refractivity contribution >= 4 is 28.9 Å². The zero-order chi connectivity index (χ0) is 24.1. The molecule has 3 aromatic rings. The number of nitrogens with zero attached hydrogens (tertiary/aromatic N) is 2. The van der Waals surface area contributed by atoms with Gasteiger partial charge in [0, 0.05) is 19.0 Å². The molecule has 2 heterocycles. The maximum Gasteiger partial charge on any atom is 0.262 e. The van der Waals surface area contributed by atoms with Crippen LogP contribution in [0.4, 0.5) is 11.4 Å². The van der Waals surface area contributed by atoms with Gasteiger partial charge in [-0.2, -0.15) is 5.10 Å². The zero-order valence-corrected chi connectivity index (χ0v) is 19.2. The summed E-state index contributed by atoms with van der Waals surface area (Å²) in [7, 11) is 3.14. The van der Waals surface area contributed by atoms with E-state index < -0.39 is 0 Å². The van der Waals surface area contributed by atoms with Gasteiger partial charge in [0.05, 0.1) is 38.4 Å². The average Bonchev–Trinajstić information content (AvgIpc) is 3.52. The highest BCUT2D eigenvalue weighted by Crippen LogP contribution is 2.34. The third-order valence-electron chi connectivity index (χ3n) is 5.41. The first-order valence-electron chi connectivity index (χ1n) is 10.8. The fraction of sp³-hybridized carbons (Fsp3) is 0.240. The van der Waals surface area contributed by atoms with E-state index in [2.05, 4.69) is 15.7 Å². The number of methoxy groups -OCH3 is 2. The van der Waals surface area contributed by atoms with Gasteiger partial charge in [-0.1, -0.05) is 0 Å². The molecule has 2 amide bonds. The third kappa shape index (κ3) is 5.03. The first kappa shape index (κ1) is 22.9. The number of amides is 2. The standard InChI is InChI=1S/C25H26N4O5/c1-16(30)27-21-13-18(8-11-23(21)33-3)26-15-25(31)29-22(24-5-4-12-34-24)14-20(28-29)17-6-9-19(32-2)10-7-17/h4-13,22,26H,14-15H2,1-3H3,(H,27,30). The minimum absolute atomic E-state index is 0.00242. The van der Waals surface area contributed by atoms with Crippen LogP contribution in [0, 0.1) is 0 Å². The molecule has 9 nitrogen and oxygen atoms in total. The van der Waals surface area contributed by atoms with Gasteiger partial charge in [0.2, 0.25) is 5.91 Å². The van der Waals surface area contributed by atoms with Crippen molar-refractivity contribution in [1.82, 2.24) is 5.01 Å². The van der Waals surface area contributed by atoms with Gasteiger partial charge >= 0.3 is 0 Å². The molecule has 4 rings (SSSR count). The van der Waals surface area contributed by atoms with E-state index in [1.165, 1.54) is 19.0 Å². The molecule has 9 heteroatoms. The molecule has 1 unspecified atom stereocenters. The monoisotopic (exact) mass is 462 g/mol. The molecule has 1 aromatic heterocycles. The Labute approximate surface area is 197 Å². The molecule has 0 radical (unpaired) electrons. The second kappa shape index (κ2) is 10.1. The summed E-state index contributed by atoms with van der Waals surface area (Å²) in [5.74, 6) is 1.50. The van der Waals surface area contributed by atoms with Gasteiger partial charge in [0.15, 0.2) is 0 Å². The molecule has 1 aliphatic rings. The molecule has 0 bridgehead atoms. The Morgan fingerprint density at radius 3 is 2.56 bits per heavy atom. The molecule has 34 heavy (non-hydrogen) atoms. The molecule has 2 aromatic carbocycles. The Kier molecular flexibility index (Phi) is 6.82. The van der Waals surface area contributed by atoms with Crippen molar-refractivity contribution < 1.29 is 23.5 Å². The van der Waals surface area contributed by atoms with E-state index in [1.54, 1.807) is 37.6 Å². The van der Waals surface area contributed by atoms with Gasteiger partial charge < -0.3 is 24.5 Å². The van der Waals surface area contributed by atoms with Crippen molar-refractivity contribution in [3.63, 3.8) is 0 Å². The summed E-state index contributed by atoms with van der Waals surface area (Å²) in [5, 5.41) is 11.9. The Morgan fingerprint density at radius 1 is 1.12 bits per heavy atom. The average molecular weight is 463 g/mol. The smallest absolute Gasteiger partial charge is 0.262 e. The fourth-order valence-electron chi connectivity index (χ4n) is 3.76. The number of hydrogen-bond donors (Lipinski definition) is 2. The molecular weight excluding hydrogens is 436 g/mol. The van der Waals surface area contributed by atoms with Crippen LogP contribution in [-0.4, -0.2) is 43.3 Å². The summed E-state index contributed by atoms with van der Waals surface area (Å²) in [6.45, 7) is 1.42. The lowest BCUT2D eigenvalue weighted by molar-refractivity contribution is -0.131. The number of anilines is 2. The maximum absolute atomic E-state index is 13.2. The Morgan fingerprint density at radius 2 is 1.91 bits per heavy atom. The number of hydrogen-bond acceptors (Lipinski definition) is 7. The highest BCUT2D eigenvalue weighted by atomic mass is 16.5. The Bertz CT molecular complexity index is 1190. The van der Waals surface area contributed by atoms with Crippen molar-refractivity contribution in [3.8, 4) is 11.5 Å². The first-order valence-corrected chi connectivity index (χ1v) is 10.8. The SMILES string of the molecule is COc1ccc(C2=NN(C(=O)CNc3ccc(OC)c(NC(C)=O)c3)C(c3ccco3)C2)cc1. The zero-order valence-electron chi connectivity index (χ0n) is 19.2. The van der Waals surface area contributed by atoms with E-state index in [1.807, 2.05) is 30.3 Å². The van der Waals surface area contributed by atoms with Crippen molar-refractivity contribution in [1.29, 1.82) is 0 Å². The molecule has 2 N–H and O–H groups in total. The minimum atomic E-state index is -0.341. The molecule has 0 fully saturated rings. The summed E-state index contributed by atoms with van der Waals surface area (Å²) in [6, 6.07) is 16.1. The van der Waals surface area contributed by atoms with Gasteiger partial charge in [-0.25, -0.2) is 5.01 Å². The molecule has 0 spiro atoms. The third-order valence-corrected chi connectivity index (χ3v) is 5.41. The van der Waals surface area contributed by atoms with E-state index in [9.17, 15) is 9.59 Å². The second-order valence-electron chi connectivity index (χ2n) is 7.70. The van der Waals surface area contributed by atoms with Crippen LogP contribution in [0.3, 0.4) is 0 Å². The van der Waals surface area contributed by atoms with E-state index >= 15 is 0 Å². The van der Waals surface area contributed by atoms with Crippen LogP contribution >= 0.6 is 0 Å². The van der Waals surface area contributed by atoms with E-state index in [0.29, 0.717) is 29.3 Å². The lowest BCUT2D eigenvalue weighted by Gasteiger charge is -2.20. The van der Waals surface area contributed by atoms with Gasteiger partial charge in [0.25, 0.3) is 5.91 Å². The maximum atomic E-state index is 13.2. The summed E-state index contributed by atoms with van der Waals surface area (Å²) in [6.07, 6.45) is 2.11. The molecule has 1 atom stereocenters. The lowest BCUT2D eigenvalue weighted by Crippen LogP contribution is -2.32. The summed E-state index contributed by atoms with van der Waals surface area (Å²) in [4.78, 5) is 24.7. The van der Waals surface area contributed by atoms with Crippen LogP contribution < -0.4 is 20.1 Å². The molecule has 0 saturated carbocycles. The van der Waals surface area contributed by atoms with Crippen molar-refractivity contribution in [2.45, 2.75) is 19.4 Å². The van der Waals surface area contributed by atoms with Crippen molar-refractivity contribution in [3.05, 3.63) is 72.2 Å². The fourth-order valence-corrected chi connectivity index (χ4v) is 3.76. The first-order chi connectivity index (χ1) is 16.5. The molecule has 0 saturated heterocycles. The highest BCUT2D eigenvalue weighted by Gasteiger charge is 2.34. The van der Waals surface area contributed by atoms with Crippen LogP contribution in [0.25, 0.3) is 0 Å². The molecule has 1 aliphatic heterocycles. The summed E-state index contributed by atoms with van der Waals surface area (Å²) in [5.41, 5.74) is 2.87. The largest absolute Gasteiger partial charge is 0.497 e. The number of carbonyl (C=O) groups is 2. The Hall–Kier alpha value is -4.27. The molecule has 176 valence electrons. The quantitative estimate of drug-likeness (QED) is 0.523. The van der Waals surface area contributed by atoms with Crippen LogP contribution in [0.2, 0.25) is 0 Å². The molecule has 0 aliphatic carbocycles. The van der Waals surface area contributed by atoms with Gasteiger partial charge in [-0.05, 0) is 60.2 Å². The minimum Gasteiger partial charge on any atom is -0.497 e. The number of rotatable bonds is 8. The van der Waals surface area contributed by atoms with Gasteiger partial charge in [-0.3, -0.25) is 9.59 Å². The predicted molar refractivity (Wildman–Crippen MR) is 128 cm³/mol. The second-order valence-corrected chi connectivity index (χ2v) is 7.70. The van der Waals surface area contributed by atoms with Crippen LogP contribution in [0.5, 0.6) is 11.5 Å². The molecular formula is C25H26N4O5. The number of nitrogens with one attached hydrogen (secondary N) is 2. The summed E-state index contributed by atoms with van der Waals surface area (Å²) < 4.78 is 16.1. The van der Waals surface area contributed by atoms with Crippen LogP contribution in [0.1, 0.15) is 30.7 Å². The van der Waals surface area contributed by atoms with E-state index in [0.717, 1.165) is 17.0 Å². The number of furan rings is 1. The summed E-state index contributed by atoms with van der Waals surface area (Å²) >= 11 is 0. The lowest BCUT2D eigenvalue weighted by atomic mass is 10.0. The van der Waals surface area contributed by atoms with Crippen LogP contribution in [0.15, 0.2) is 70.4 Å². The number of carbonyl (C=O) groups excluding carboxylic acids is 2. The Balaban J connectivity index is 1.52. The van der Waals surface area contributed by atoms with Gasteiger partial charge in [0.1, 0.15) is 23.3 Å². The normalized spacial score (nSPS) is 15.0. The number of ether oxygens (including phenoxy) is 2. The van der Waals surface area contributed by atoms with E-state index in [4.69, 9.17) is 13.9 Å². The number of benzene rings is 2. The number of hydrazone groups is 1. The highest BCUT2D eigenvalue weighted by molar-refractivity contribution is 6.03. The van der Waals surface area contributed by atoms with Gasteiger partial charge in [-0.15, -0.1) is 0 Å². The van der Waals surface area contributed by atoms with E-state index in [-0.39, 0.29) is 24.4 Å². The van der Waals surface area contributed by atoms with Crippen molar-refractivity contribution in [2.24, 2.45) is 5.10 Å². The predicted octanol–water partition coefficient (Wildman–Crippen LogP) is 4.05. The van der Waals surface area contributed by atoms with Crippen LogP contribution in [-0.2, 0) is 9.59 Å².